The molecule has 0 aliphatic carbocycles. The van der Waals surface area contributed by atoms with Gasteiger partial charge in [0.25, 0.3) is 0 Å². The molecule has 1 aliphatic heterocycles. The van der Waals surface area contributed by atoms with Crippen molar-refractivity contribution in [2.45, 2.75) is 82.4 Å². The third kappa shape index (κ3) is 6.44. The molecule has 0 amide bonds. The van der Waals surface area contributed by atoms with Crippen molar-refractivity contribution in [3.05, 3.63) is 53.6 Å². The molecule has 0 saturated heterocycles. The molecular formula is C28H42N2S. The van der Waals surface area contributed by atoms with Gasteiger partial charge in [0.2, 0.25) is 0 Å². The van der Waals surface area contributed by atoms with Gasteiger partial charge in [-0.3, -0.25) is 0 Å². The third-order valence-electron chi connectivity index (χ3n) is 6.97. The molecule has 0 saturated carbocycles. The predicted molar refractivity (Wildman–Crippen MR) is 140 cm³/mol. The van der Waals surface area contributed by atoms with Crippen molar-refractivity contribution in [2.75, 3.05) is 30.5 Å². The minimum atomic E-state index is 0.443. The van der Waals surface area contributed by atoms with E-state index in [2.05, 4.69) is 81.0 Å². The standard InChI is InChI=1S/C28H42N2S/c1-5-7-9-16-28(15-8-6-2)20-23(17-22-11-10-12-24(29)18-22)26-19-25(30(3)4)13-14-27(26)31-21-28/h10-14,18-19,23H,5-9,15-17,20-21,29H2,1-4H3/t23-,28?/m0/s1. The minimum absolute atomic E-state index is 0.443. The highest BCUT2D eigenvalue weighted by atomic mass is 32.2. The summed E-state index contributed by atoms with van der Waals surface area (Å²) < 4.78 is 0. The maximum Gasteiger partial charge on any atom is 0.0364 e. The number of fused-ring (bicyclic) bond motifs is 1. The zero-order chi connectivity index (χ0) is 22.3. The summed E-state index contributed by atoms with van der Waals surface area (Å²) in [6.45, 7) is 4.66. The number of nitrogen functional groups attached to an aromatic ring is 1. The van der Waals surface area contributed by atoms with E-state index in [0.717, 1.165) is 12.1 Å². The van der Waals surface area contributed by atoms with Gasteiger partial charge in [-0.05, 0) is 78.5 Å². The zero-order valence-electron chi connectivity index (χ0n) is 20.1. The molecule has 1 aliphatic rings. The Morgan fingerprint density at radius 2 is 1.77 bits per heavy atom. The second kappa shape index (κ2) is 11.3. The third-order valence-corrected chi connectivity index (χ3v) is 8.41. The molecule has 2 N–H and O–H groups in total. The maximum atomic E-state index is 6.14. The first kappa shape index (κ1) is 24.0. The summed E-state index contributed by atoms with van der Waals surface area (Å²) in [6.07, 6.45) is 11.8. The summed E-state index contributed by atoms with van der Waals surface area (Å²) in [6, 6.07) is 15.7. The van der Waals surface area contributed by atoms with E-state index in [-0.39, 0.29) is 0 Å². The maximum absolute atomic E-state index is 6.14. The number of thioether (sulfide) groups is 1. The van der Waals surface area contributed by atoms with E-state index < -0.39 is 0 Å². The highest BCUT2D eigenvalue weighted by Crippen LogP contribution is 2.50. The van der Waals surface area contributed by atoms with Gasteiger partial charge >= 0.3 is 0 Å². The number of unbranched alkanes of at least 4 members (excludes halogenated alkanes) is 3. The molecular weight excluding hydrogens is 396 g/mol. The first-order valence-corrected chi connectivity index (χ1v) is 13.2. The fourth-order valence-electron chi connectivity index (χ4n) is 5.15. The number of nitrogens with zero attached hydrogens (tertiary/aromatic N) is 1. The van der Waals surface area contributed by atoms with E-state index in [4.69, 9.17) is 5.73 Å². The van der Waals surface area contributed by atoms with Crippen LogP contribution in [0, 0.1) is 5.41 Å². The molecule has 2 aromatic carbocycles. The monoisotopic (exact) mass is 438 g/mol. The topological polar surface area (TPSA) is 29.3 Å². The van der Waals surface area contributed by atoms with Crippen LogP contribution in [0.4, 0.5) is 11.4 Å². The second-order valence-corrected chi connectivity index (χ2v) is 10.8. The Balaban J connectivity index is 1.98. The van der Waals surface area contributed by atoms with E-state index in [1.807, 2.05) is 6.07 Å². The summed E-state index contributed by atoms with van der Waals surface area (Å²) in [5.74, 6) is 1.81. The van der Waals surface area contributed by atoms with Gasteiger partial charge < -0.3 is 10.6 Å². The average molecular weight is 439 g/mol. The summed E-state index contributed by atoms with van der Waals surface area (Å²) in [4.78, 5) is 3.73. The van der Waals surface area contributed by atoms with Gasteiger partial charge in [-0.1, -0.05) is 58.1 Å². The van der Waals surface area contributed by atoms with E-state index >= 15 is 0 Å². The minimum Gasteiger partial charge on any atom is -0.399 e. The second-order valence-electron chi connectivity index (χ2n) is 9.82. The number of nitrogens with two attached hydrogens (primary N) is 1. The van der Waals surface area contributed by atoms with Crippen LogP contribution in [0.3, 0.4) is 0 Å². The number of hydrogen-bond donors (Lipinski definition) is 1. The molecule has 0 spiro atoms. The van der Waals surface area contributed by atoms with Crippen LogP contribution < -0.4 is 10.6 Å². The molecule has 170 valence electrons. The first-order valence-electron chi connectivity index (χ1n) is 12.2. The number of anilines is 2. The SMILES string of the molecule is CCCCCC1(CCCC)CSc2ccc(N(C)C)cc2[C@@H](Cc2cccc(N)c2)C1. The van der Waals surface area contributed by atoms with Crippen LogP contribution in [0.5, 0.6) is 0 Å². The fourth-order valence-corrected chi connectivity index (χ4v) is 6.57. The molecule has 0 aromatic heterocycles. The van der Waals surface area contributed by atoms with Crippen LogP contribution in [0.15, 0.2) is 47.4 Å². The largest absolute Gasteiger partial charge is 0.399 e. The van der Waals surface area contributed by atoms with Crippen molar-refractivity contribution in [1.29, 1.82) is 0 Å². The Bertz CT molecular complexity index is 832. The average Bonchev–Trinajstić information content (AvgIpc) is 2.90. The van der Waals surface area contributed by atoms with Crippen molar-refractivity contribution >= 4 is 23.1 Å². The fraction of sp³-hybridized carbons (Fsp3) is 0.571. The Kier molecular flexibility index (Phi) is 8.77. The lowest BCUT2D eigenvalue weighted by molar-refractivity contribution is 0.223. The quantitative estimate of drug-likeness (QED) is 0.302. The summed E-state index contributed by atoms with van der Waals surface area (Å²) in [7, 11) is 4.30. The number of rotatable bonds is 10. The molecule has 3 heteroatoms. The molecule has 31 heavy (non-hydrogen) atoms. The lowest BCUT2D eigenvalue weighted by Crippen LogP contribution is -2.26. The Morgan fingerprint density at radius 1 is 1.00 bits per heavy atom. The molecule has 1 heterocycles. The van der Waals surface area contributed by atoms with Gasteiger partial charge in [0.15, 0.2) is 0 Å². The van der Waals surface area contributed by atoms with Crippen LogP contribution in [0.1, 0.15) is 82.3 Å². The summed E-state index contributed by atoms with van der Waals surface area (Å²) in [5, 5.41) is 0. The van der Waals surface area contributed by atoms with Gasteiger partial charge in [0.05, 0.1) is 0 Å². The van der Waals surface area contributed by atoms with Crippen molar-refractivity contribution in [1.82, 2.24) is 0 Å². The Hall–Kier alpha value is -1.61. The van der Waals surface area contributed by atoms with Crippen molar-refractivity contribution < 1.29 is 0 Å². The van der Waals surface area contributed by atoms with Crippen molar-refractivity contribution in [2.24, 2.45) is 5.41 Å². The highest BCUT2D eigenvalue weighted by Gasteiger charge is 2.36. The first-order chi connectivity index (χ1) is 15.0. The predicted octanol–water partition coefficient (Wildman–Crippen LogP) is 7.91. The molecule has 0 bridgehead atoms. The van der Waals surface area contributed by atoms with Crippen molar-refractivity contribution in [3.8, 4) is 0 Å². The van der Waals surface area contributed by atoms with E-state index in [1.165, 1.54) is 73.3 Å². The summed E-state index contributed by atoms with van der Waals surface area (Å²) in [5.41, 5.74) is 11.7. The number of benzene rings is 2. The van der Waals surface area contributed by atoms with Crippen LogP contribution >= 0.6 is 11.8 Å². The van der Waals surface area contributed by atoms with Crippen LogP contribution in [0.25, 0.3) is 0 Å². The Labute approximate surface area is 195 Å². The highest BCUT2D eigenvalue weighted by molar-refractivity contribution is 7.99. The Morgan fingerprint density at radius 3 is 2.48 bits per heavy atom. The van der Waals surface area contributed by atoms with E-state index in [1.54, 1.807) is 5.56 Å². The number of hydrogen-bond acceptors (Lipinski definition) is 3. The van der Waals surface area contributed by atoms with Gasteiger partial charge in [-0.15, -0.1) is 11.8 Å². The van der Waals surface area contributed by atoms with Gasteiger partial charge in [-0.25, -0.2) is 0 Å². The molecule has 2 aromatic rings. The van der Waals surface area contributed by atoms with Gasteiger partial charge in [-0.2, -0.15) is 0 Å². The zero-order valence-corrected chi connectivity index (χ0v) is 20.9. The van der Waals surface area contributed by atoms with Gasteiger partial charge in [0, 0.05) is 36.1 Å². The smallest absolute Gasteiger partial charge is 0.0364 e. The van der Waals surface area contributed by atoms with E-state index in [0.29, 0.717) is 11.3 Å². The van der Waals surface area contributed by atoms with Crippen LogP contribution in [-0.4, -0.2) is 19.8 Å². The van der Waals surface area contributed by atoms with Crippen molar-refractivity contribution in [3.63, 3.8) is 0 Å². The van der Waals surface area contributed by atoms with E-state index in [9.17, 15) is 0 Å². The lowest BCUT2D eigenvalue weighted by atomic mass is 9.71. The van der Waals surface area contributed by atoms with Gasteiger partial charge in [0.1, 0.15) is 0 Å². The molecule has 0 fully saturated rings. The molecule has 0 radical (unpaired) electrons. The molecule has 3 rings (SSSR count). The molecule has 2 nitrogen and oxygen atoms in total. The van der Waals surface area contributed by atoms with Crippen LogP contribution in [-0.2, 0) is 6.42 Å². The molecule has 2 atom stereocenters. The normalized spacial score (nSPS) is 20.8. The lowest BCUT2D eigenvalue weighted by Gasteiger charge is -2.35. The summed E-state index contributed by atoms with van der Waals surface area (Å²) >= 11 is 2.12. The van der Waals surface area contributed by atoms with Crippen LogP contribution in [0.2, 0.25) is 0 Å². The molecule has 1 unspecified atom stereocenters.